The molecule has 0 bridgehead atoms. The molecule has 1 aromatic heterocycles. The van der Waals surface area contributed by atoms with Gasteiger partial charge in [0.2, 0.25) is 11.1 Å². The molecule has 1 unspecified atom stereocenters. The van der Waals surface area contributed by atoms with E-state index < -0.39 is 6.04 Å². The third kappa shape index (κ3) is 7.04. The van der Waals surface area contributed by atoms with Gasteiger partial charge in [-0.05, 0) is 50.5 Å². The molecule has 1 aliphatic heterocycles. The number of fused-ring (bicyclic) bond motifs is 1. The molecule has 10 heteroatoms. The van der Waals surface area contributed by atoms with Gasteiger partial charge < -0.3 is 19.7 Å². The molecule has 0 saturated carbocycles. The number of anilines is 1. The molecular formula is C30H37N5O4S. The third-order valence-electron chi connectivity index (χ3n) is 6.67. The number of allylic oxidation sites excluding steroid dienone is 1. The van der Waals surface area contributed by atoms with E-state index in [0.29, 0.717) is 47.8 Å². The van der Waals surface area contributed by atoms with E-state index in [-0.39, 0.29) is 18.5 Å². The van der Waals surface area contributed by atoms with Crippen LogP contribution in [0.2, 0.25) is 0 Å². The lowest BCUT2D eigenvalue weighted by atomic mass is 9.96. The van der Waals surface area contributed by atoms with E-state index in [4.69, 9.17) is 19.6 Å². The number of likely N-dealkylation sites (N-methyl/N-ethyl adjacent to an activating group) is 1. The molecule has 0 fully saturated rings. The average Bonchev–Trinajstić information content (AvgIpc) is 3.38. The van der Waals surface area contributed by atoms with Crippen LogP contribution in [0, 0.1) is 0 Å². The van der Waals surface area contributed by atoms with Crippen LogP contribution in [0.3, 0.4) is 0 Å². The number of hydrogen-bond acceptors (Lipinski definition) is 8. The van der Waals surface area contributed by atoms with E-state index in [1.165, 1.54) is 17.3 Å². The average molecular weight is 564 g/mol. The summed E-state index contributed by atoms with van der Waals surface area (Å²) in [5.74, 6) is 1.42. The normalized spacial score (nSPS) is 14.3. The highest BCUT2D eigenvalue weighted by molar-refractivity contribution is 7.98. The maximum atomic E-state index is 13.3. The van der Waals surface area contributed by atoms with Crippen LogP contribution in [0.25, 0.3) is 0 Å². The monoisotopic (exact) mass is 563 g/mol. The lowest BCUT2D eigenvalue weighted by Gasteiger charge is -2.28. The summed E-state index contributed by atoms with van der Waals surface area (Å²) in [5.41, 5.74) is 3.17. The minimum atomic E-state index is -0.532. The van der Waals surface area contributed by atoms with Crippen LogP contribution in [0.5, 0.6) is 5.75 Å². The molecule has 0 saturated heterocycles. The summed E-state index contributed by atoms with van der Waals surface area (Å²) in [7, 11) is 0. The molecule has 1 aliphatic rings. The highest BCUT2D eigenvalue weighted by Gasteiger charge is 2.35. The predicted octanol–water partition coefficient (Wildman–Crippen LogP) is 5.45. The molecule has 3 aromatic rings. The lowest BCUT2D eigenvalue weighted by Crippen LogP contribution is -2.34. The number of aromatic nitrogens is 3. The number of carbonyl (C=O) groups is 2. The fraction of sp³-hybridized carbons (Fsp3) is 0.400. The SMILES string of the molecule is CCCCOC(=O)C1=C(C)Nc2nc(SCc3ccccc3)nn2C1c1ccc(OCC(=O)N(CC)CC)cc1. The second kappa shape index (κ2) is 14.0. The number of unbranched alkanes of at least 4 members (excludes halogenated alkanes) is 1. The minimum absolute atomic E-state index is 0.0301. The van der Waals surface area contributed by atoms with Crippen molar-refractivity contribution in [3.8, 4) is 5.75 Å². The summed E-state index contributed by atoms with van der Waals surface area (Å²) in [4.78, 5) is 32.1. The van der Waals surface area contributed by atoms with Crippen LogP contribution in [0.4, 0.5) is 5.95 Å². The van der Waals surface area contributed by atoms with E-state index >= 15 is 0 Å². The summed E-state index contributed by atoms with van der Waals surface area (Å²) >= 11 is 1.54. The molecule has 2 heterocycles. The maximum absolute atomic E-state index is 13.3. The van der Waals surface area contributed by atoms with E-state index in [1.54, 1.807) is 9.58 Å². The molecule has 40 heavy (non-hydrogen) atoms. The number of amides is 1. The standard InChI is InChI=1S/C30H37N5O4S/c1-5-8-18-38-28(37)26-21(4)31-29-32-30(40-20-22-12-10-9-11-13-22)33-35(29)27(26)23-14-16-24(17-15-23)39-19-25(36)34(6-2)7-3/h9-17,27H,5-8,18-20H2,1-4H3,(H,31,32,33). The van der Waals surface area contributed by atoms with Gasteiger partial charge in [-0.2, -0.15) is 4.98 Å². The van der Waals surface area contributed by atoms with Crippen LogP contribution in [-0.2, 0) is 20.1 Å². The van der Waals surface area contributed by atoms with Crippen molar-refractivity contribution in [2.24, 2.45) is 0 Å². The fourth-order valence-corrected chi connectivity index (χ4v) is 5.22. The third-order valence-corrected chi connectivity index (χ3v) is 7.58. The Kier molecular flexibility index (Phi) is 10.2. The van der Waals surface area contributed by atoms with Gasteiger partial charge in [-0.15, -0.1) is 5.10 Å². The van der Waals surface area contributed by atoms with E-state index in [2.05, 4.69) is 24.4 Å². The number of nitrogens with one attached hydrogen (secondary N) is 1. The smallest absolute Gasteiger partial charge is 0.338 e. The lowest BCUT2D eigenvalue weighted by molar-refractivity contribution is -0.139. The zero-order valence-electron chi connectivity index (χ0n) is 23.6. The Hall–Kier alpha value is -3.79. The van der Waals surface area contributed by atoms with E-state index in [1.807, 2.05) is 63.2 Å². The Morgan fingerprint density at radius 3 is 2.45 bits per heavy atom. The summed E-state index contributed by atoms with van der Waals surface area (Å²) in [6.45, 7) is 9.41. The van der Waals surface area contributed by atoms with Crippen molar-refractivity contribution in [1.82, 2.24) is 19.7 Å². The van der Waals surface area contributed by atoms with Gasteiger partial charge in [-0.3, -0.25) is 4.79 Å². The number of thioether (sulfide) groups is 1. The zero-order valence-corrected chi connectivity index (χ0v) is 24.4. The second-order valence-electron chi connectivity index (χ2n) is 9.42. The molecule has 212 valence electrons. The van der Waals surface area contributed by atoms with Crippen LogP contribution in [0.1, 0.15) is 57.7 Å². The largest absolute Gasteiger partial charge is 0.484 e. The molecule has 1 N–H and O–H groups in total. The van der Waals surface area contributed by atoms with Crippen LogP contribution < -0.4 is 10.1 Å². The fourth-order valence-electron chi connectivity index (χ4n) is 4.43. The van der Waals surface area contributed by atoms with Crippen LogP contribution >= 0.6 is 11.8 Å². The number of benzene rings is 2. The molecule has 9 nitrogen and oxygen atoms in total. The first-order valence-electron chi connectivity index (χ1n) is 13.7. The predicted molar refractivity (Wildman–Crippen MR) is 156 cm³/mol. The quantitative estimate of drug-likeness (QED) is 0.167. The van der Waals surface area contributed by atoms with Gasteiger partial charge in [0.15, 0.2) is 6.61 Å². The van der Waals surface area contributed by atoms with Gasteiger partial charge in [0.05, 0.1) is 12.2 Å². The first kappa shape index (κ1) is 29.2. The van der Waals surface area contributed by atoms with Crippen molar-refractivity contribution < 1.29 is 19.1 Å². The first-order chi connectivity index (χ1) is 19.4. The Morgan fingerprint density at radius 1 is 1.05 bits per heavy atom. The topological polar surface area (TPSA) is 98.6 Å². The Labute approximate surface area is 239 Å². The Balaban J connectivity index is 1.59. The van der Waals surface area contributed by atoms with Crippen molar-refractivity contribution >= 4 is 29.6 Å². The van der Waals surface area contributed by atoms with Crippen molar-refractivity contribution in [3.05, 3.63) is 77.0 Å². The highest BCUT2D eigenvalue weighted by Crippen LogP contribution is 2.37. The van der Waals surface area contributed by atoms with Gasteiger partial charge >= 0.3 is 5.97 Å². The number of nitrogens with zero attached hydrogens (tertiary/aromatic N) is 4. The van der Waals surface area contributed by atoms with Crippen molar-refractivity contribution in [1.29, 1.82) is 0 Å². The number of ether oxygens (including phenoxy) is 2. The Bertz CT molecular complexity index is 1320. The van der Waals surface area contributed by atoms with E-state index in [9.17, 15) is 9.59 Å². The van der Waals surface area contributed by atoms with Crippen molar-refractivity contribution in [2.45, 2.75) is 57.5 Å². The summed E-state index contributed by atoms with van der Waals surface area (Å²) in [5, 5.41) is 8.65. The molecule has 0 radical (unpaired) electrons. The molecule has 0 spiro atoms. The number of esters is 1. The number of carbonyl (C=O) groups excluding carboxylic acids is 2. The van der Waals surface area contributed by atoms with Crippen LogP contribution in [0.15, 0.2) is 71.0 Å². The summed E-state index contributed by atoms with van der Waals surface area (Å²) in [6.07, 6.45) is 1.73. The van der Waals surface area contributed by atoms with Gasteiger partial charge in [0.1, 0.15) is 11.8 Å². The van der Waals surface area contributed by atoms with Gasteiger partial charge in [0.25, 0.3) is 5.91 Å². The first-order valence-corrected chi connectivity index (χ1v) is 14.7. The molecule has 0 aliphatic carbocycles. The van der Waals surface area contributed by atoms with Gasteiger partial charge in [-0.25, -0.2) is 9.48 Å². The molecular weight excluding hydrogens is 526 g/mol. The number of hydrogen-bond donors (Lipinski definition) is 1. The second-order valence-corrected chi connectivity index (χ2v) is 10.4. The van der Waals surface area contributed by atoms with Gasteiger partial charge in [-0.1, -0.05) is 67.6 Å². The maximum Gasteiger partial charge on any atom is 0.338 e. The molecule has 1 atom stereocenters. The number of rotatable bonds is 13. The van der Waals surface area contributed by atoms with Crippen molar-refractivity contribution in [3.63, 3.8) is 0 Å². The van der Waals surface area contributed by atoms with Crippen LogP contribution in [-0.4, -0.2) is 57.8 Å². The zero-order chi connectivity index (χ0) is 28.5. The Morgan fingerprint density at radius 2 is 1.77 bits per heavy atom. The highest BCUT2D eigenvalue weighted by atomic mass is 32.2. The molecule has 1 amide bonds. The summed E-state index contributed by atoms with van der Waals surface area (Å²) in [6, 6.07) is 17.0. The molecule has 4 rings (SSSR count). The summed E-state index contributed by atoms with van der Waals surface area (Å²) < 4.78 is 13.1. The molecule has 2 aromatic carbocycles. The van der Waals surface area contributed by atoms with Gasteiger partial charge in [0, 0.05) is 24.5 Å². The van der Waals surface area contributed by atoms with E-state index in [0.717, 1.165) is 24.2 Å². The van der Waals surface area contributed by atoms with Crippen molar-refractivity contribution in [2.75, 3.05) is 31.6 Å². The minimum Gasteiger partial charge on any atom is -0.484 e.